The molecular formula is C14H17FN2O3. The van der Waals surface area contributed by atoms with Crippen molar-refractivity contribution < 1.29 is 19.1 Å². The maximum atomic E-state index is 12.7. The lowest BCUT2D eigenvalue weighted by atomic mass is 9.76. The van der Waals surface area contributed by atoms with Crippen LogP contribution in [0.15, 0.2) is 18.3 Å². The number of halogens is 1. The molecule has 6 heteroatoms. The molecule has 20 heavy (non-hydrogen) atoms. The van der Waals surface area contributed by atoms with Gasteiger partial charge in [-0.15, -0.1) is 0 Å². The van der Waals surface area contributed by atoms with Gasteiger partial charge < -0.3 is 10.0 Å². The second kappa shape index (κ2) is 5.56. The molecule has 1 aromatic rings. The first-order chi connectivity index (χ1) is 9.48. The summed E-state index contributed by atoms with van der Waals surface area (Å²) in [5, 5.41) is 9.31. The van der Waals surface area contributed by atoms with E-state index in [1.807, 2.05) is 6.92 Å². The second-order valence-corrected chi connectivity index (χ2v) is 5.10. The van der Waals surface area contributed by atoms with Crippen molar-refractivity contribution in [1.82, 2.24) is 9.88 Å². The standard InChI is InChI=1S/C14H17FN2O3/c1-2-14(13(19)20)5-7-17(8-6-14)12(18)10-3-4-11(15)16-9-10/h3-4,9H,2,5-8H2,1H3,(H,19,20). The predicted molar refractivity (Wildman–Crippen MR) is 69.7 cm³/mol. The van der Waals surface area contributed by atoms with Gasteiger partial charge in [0.2, 0.25) is 5.95 Å². The van der Waals surface area contributed by atoms with Crippen molar-refractivity contribution in [3.8, 4) is 0 Å². The van der Waals surface area contributed by atoms with Crippen LogP contribution in [-0.4, -0.2) is 40.0 Å². The minimum Gasteiger partial charge on any atom is -0.481 e. The third-order valence-electron chi connectivity index (χ3n) is 4.11. The molecule has 0 bridgehead atoms. The number of amides is 1. The highest BCUT2D eigenvalue weighted by atomic mass is 19.1. The van der Waals surface area contributed by atoms with Crippen LogP contribution in [0.4, 0.5) is 4.39 Å². The number of hydrogen-bond donors (Lipinski definition) is 1. The highest BCUT2D eigenvalue weighted by Gasteiger charge is 2.40. The van der Waals surface area contributed by atoms with E-state index in [-0.39, 0.29) is 5.91 Å². The van der Waals surface area contributed by atoms with Crippen molar-refractivity contribution in [2.24, 2.45) is 5.41 Å². The van der Waals surface area contributed by atoms with Crippen molar-refractivity contribution in [3.05, 3.63) is 29.8 Å². The first-order valence-corrected chi connectivity index (χ1v) is 6.63. The molecule has 0 atom stereocenters. The number of carboxylic acid groups (broad SMARTS) is 1. The quantitative estimate of drug-likeness (QED) is 0.859. The van der Waals surface area contributed by atoms with Crippen molar-refractivity contribution in [2.75, 3.05) is 13.1 Å². The molecule has 1 aromatic heterocycles. The largest absolute Gasteiger partial charge is 0.481 e. The lowest BCUT2D eigenvalue weighted by Crippen LogP contribution is -2.46. The number of carboxylic acids is 1. The fraction of sp³-hybridized carbons (Fsp3) is 0.500. The molecule has 1 N–H and O–H groups in total. The molecule has 1 fully saturated rings. The van der Waals surface area contributed by atoms with Crippen LogP contribution in [-0.2, 0) is 4.79 Å². The summed E-state index contributed by atoms with van der Waals surface area (Å²) in [6, 6.07) is 2.54. The summed E-state index contributed by atoms with van der Waals surface area (Å²) in [6.45, 7) is 2.65. The first-order valence-electron chi connectivity index (χ1n) is 6.63. The number of carbonyl (C=O) groups is 2. The highest BCUT2D eigenvalue weighted by Crippen LogP contribution is 2.35. The topological polar surface area (TPSA) is 70.5 Å². The summed E-state index contributed by atoms with van der Waals surface area (Å²) >= 11 is 0. The molecule has 0 saturated carbocycles. The number of likely N-dealkylation sites (tertiary alicyclic amines) is 1. The van der Waals surface area contributed by atoms with Crippen LogP contribution in [0.25, 0.3) is 0 Å². The van der Waals surface area contributed by atoms with Gasteiger partial charge in [-0.25, -0.2) is 4.98 Å². The number of hydrogen-bond acceptors (Lipinski definition) is 3. The molecule has 0 aliphatic carbocycles. The maximum Gasteiger partial charge on any atom is 0.309 e. The number of nitrogens with zero attached hydrogens (tertiary/aromatic N) is 2. The second-order valence-electron chi connectivity index (χ2n) is 5.10. The molecule has 1 aliphatic rings. The fourth-order valence-electron chi connectivity index (χ4n) is 2.54. The Kier molecular flexibility index (Phi) is 4.01. The van der Waals surface area contributed by atoms with E-state index in [2.05, 4.69) is 4.98 Å². The first kappa shape index (κ1) is 14.4. The van der Waals surface area contributed by atoms with Crippen molar-refractivity contribution in [2.45, 2.75) is 26.2 Å². The number of piperidine rings is 1. The minimum atomic E-state index is -0.796. The zero-order valence-electron chi connectivity index (χ0n) is 11.3. The van der Waals surface area contributed by atoms with Gasteiger partial charge in [0.1, 0.15) is 0 Å². The van der Waals surface area contributed by atoms with E-state index in [1.165, 1.54) is 12.3 Å². The monoisotopic (exact) mass is 280 g/mol. The lowest BCUT2D eigenvalue weighted by molar-refractivity contribution is -0.152. The Bertz CT molecular complexity index is 508. The molecule has 2 heterocycles. The van der Waals surface area contributed by atoms with E-state index in [0.29, 0.717) is 37.9 Å². The van der Waals surface area contributed by atoms with Gasteiger partial charge in [0, 0.05) is 19.3 Å². The van der Waals surface area contributed by atoms with E-state index in [0.717, 1.165) is 6.07 Å². The summed E-state index contributed by atoms with van der Waals surface area (Å²) in [5.74, 6) is -1.65. The number of rotatable bonds is 3. The summed E-state index contributed by atoms with van der Waals surface area (Å²) in [7, 11) is 0. The van der Waals surface area contributed by atoms with Gasteiger partial charge in [0.25, 0.3) is 5.91 Å². The smallest absolute Gasteiger partial charge is 0.309 e. The molecule has 108 valence electrons. The Morgan fingerprint density at radius 1 is 1.40 bits per heavy atom. The van der Waals surface area contributed by atoms with Crippen molar-refractivity contribution >= 4 is 11.9 Å². The molecule has 1 saturated heterocycles. The molecular weight excluding hydrogens is 263 g/mol. The zero-order chi connectivity index (χ0) is 14.8. The lowest BCUT2D eigenvalue weighted by Gasteiger charge is -2.38. The third-order valence-corrected chi connectivity index (χ3v) is 4.11. The van der Waals surface area contributed by atoms with E-state index in [1.54, 1.807) is 4.90 Å². The molecule has 0 unspecified atom stereocenters. The summed E-state index contributed by atoms with van der Waals surface area (Å²) < 4.78 is 12.7. The van der Waals surface area contributed by atoms with E-state index in [4.69, 9.17) is 0 Å². The number of carbonyl (C=O) groups excluding carboxylic acids is 1. The van der Waals surface area contributed by atoms with Gasteiger partial charge in [0.05, 0.1) is 11.0 Å². The minimum absolute atomic E-state index is 0.229. The molecule has 2 rings (SSSR count). The average molecular weight is 280 g/mol. The zero-order valence-corrected chi connectivity index (χ0v) is 11.3. The van der Waals surface area contributed by atoms with Gasteiger partial charge in [-0.2, -0.15) is 4.39 Å². The van der Waals surface area contributed by atoms with E-state index >= 15 is 0 Å². The Hall–Kier alpha value is -1.98. The van der Waals surface area contributed by atoms with Gasteiger partial charge in [-0.05, 0) is 31.4 Å². The molecule has 0 spiro atoms. The molecule has 1 aliphatic heterocycles. The van der Waals surface area contributed by atoms with Crippen LogP contribution < -0.4 is 0 Å². The normalized spacial score (nSPS) is 17.8. The van der Waals surface area contributed by atoms with Gasteiger partial charge in [-0.3, -0.25) is 9.59 Å². The van der Waals surface area contributed by atoms with Crippen LogP contribution in [0.1, 0.15) is 36.5 Å². The molecule has 0 radical (unpaired) electrons. The van der Waals surface area contributed by atoms with Crippen LogP contribution in [0.3, 0.4) is 0 Å². The van der Waals surface area contributed by atoms with E-state index in [9.17, 15) is 19.1 Å². The Balaban J connectivity index is 2.05. The van der Waals surface area contributed by atoms with E-state index < -0.39 is 17.3 Å². The molecule has 1 amide bonds. The predicted octanol–water partition coefficient (Wildman–Crippen LogP) is 1.94. The van der Waals surface area contributed by atoms with Crippen molar-refractivity contribution in [3.63, 3.8) is 0 Å². The molecule has 0 aromatic carbocycles. The average Bonchev–Trinajstić information content (AvgIpc) is 2.47. The summed E-state index contributed by atoms with van der Waals surface area (Å²) in [5.41, 5.74) is -0.400. The Morgan fingerprint density at radius 2 is 2.05 bits per heavy atom. The summed E-state index contributed by atoms with van der Waals surface area (Å²) in [4.78, 5) is 28.6. The Morgan fingerprint density at radius 3 is 2.50 bits per heavy atom. The highest BCUT2D eigenvalue weighted by molar-refractivity contribution is 5.94. The molecule has 5 nitrogen and oxygen atoms in total. The van der Waals surface area contributed by atoms with Gasteiger partial charge >= 0.3 is 5.97 Å². The maximum absolute atomic E-state index is 12.7. The summed E-state index contributed by atoms with van der Waals surface area (Å²) in [6.07, 6.45) is 2.65. The van der Waals surface area contributed by atoms with Crippen molar-refractivity contribution in [1.29, 1.82) is 0 Å². The van der Waals surface area contributed by atoms with Crippen LogP contribution in [0.5, 0.6) is 0 Å². The number of aromatic nitrogens is 1. The van der Waals surface area contributed by atoms with Crippen LogP contribution in [0, 0.1) is 11.4 Å². The van der Waals surface area contributed by atoms with Crippen LogP contribution >= 0.6 is 0 Å². The number of aliphatic carboxylic acids is 1. The van der Waals surface area contributed by atoms with Gasteiger partial charge in [-0.1, -0.05) is 6.92 Å². The third kappa shape index (κ3) is 2.64. The SMILES string of the molecule is CCC1(C(=O)O)CCN(C(=O)c2ccc(F)nc2)CC1. The Labute approximate surface area is 116 Å². The number of pyridine rings is 1. The van der Waals surface area contributed by atoms with Crippen LogP contribution in [0.2, 0.25) is 0 Å². The fourth-order valence-corrected chi connectivity index (χ4v) is 2.54. The van der Waals surface area contributed by atoms with Gasteiger partial charge in [0.15, 0.2) is 0 Å².